The van der Waals surface area contributed by atoms with Crippen molar-refractivity contribution in [3.8, 4) is 17.0 Å². The number of nitrogen functional groups attached to an aromatic ring is 1. The average Bonchev–Trinajstić information content (AvgIpc) is 2.94. The molecule has 0 radical (unpaired) electrons. The van der Waals surface area contributed by atoms with Crippen LogP contribution in [0.2, 0.25) is 0 Å². The molecular weight excluding hydrogens is 264 g/mol. The molecular formula is C17H22N2O2. The molecule has 0 spiro atoms. The summed E-state index contributed by atoms with van der Waals surface area (Å²) in [5.74, 6) is 2.72. The summed E-state index contributed by atoms with van der Waals surface area (Å²) in [7, 11) is 1.73. The predicted molar refractivity (Wildman–Crippen MR) is 83.3 cm³/mol. The van der Waals surface area contributed by atoms with Gasteiger partial charge in [0.05, 0.1) is 7.11 Å². The van der Waals surface area contributed by atoms with E-state index in [0.717, 1.165) is 22.9 Å². The van der Waals surface area contributed by atoms with Gasteiger partial charge in [-0.25, -0.2) is 0 Å². The summed E-state index contributed by atoms with van der Waals surface area (Å²) in [6, 6.07) is 7.96. The summed E-state index contributed by atoms with van der Waals surface area (Å²) in [6.07, 6.45) is 5.02. The SMILES string of the molecule is COc1ccc(-c2cc(N)on2)cc1C1CCC(C)CC1. The minimum Gasteiger partial charge on any atom is -0.496 e. The maximum atomic E-state index is 5.61. The van der Waals surface area contributed by atoms with E-state index in [2.05, 4.69) is 18.1 Å². The highest BCUT2D eigenvalue weighted by Crippen LogP contribution is 2.40. The predicted octanol–water partition coefficient (Wildman–Crippen LogP) is 4.23. The zero-order valence-corrected chi connectivity index (χ0v) is 12.6. The number of methoxy groups -OCH3 is 1. The molecule has 112 valence electrons. The molecule has 1 aliphatic carbocycles. The molecule has 1 heterocycles. The van der Waals surface area contributed by atoms with Gasteiger partial charge in [0, 0.05) is 11.6 Å². The number of anilines is 1. The zero-order valence-electron chi connectivity index (χ0n) is 12.6. The Labute approximate surface area is 125 Å². The maximum absolute atomic E-state index is 5.61. The van der Waals surface area contributed by atoms with Gasteiger partial charge in [0.2, 0.25) is 5.88 Å². The van der Waals surface area contributed by atoms with Gasteiger partial charge in [0.15, 0.2) is 0 Å². The first-order valence-electron chi connectivity index (χ1n) is 7.58. The third-order valence-electron chi connectivity index (χ3n) is 4.51. The smallest absolute Gasteiger partial charge is 0.222 e. The van der Waals surface area contributed by atoms with Gasteiger partial charge in [-0.15, -0.1) is 0 Å². The summed E-state index contributed by atoms with van der Waals surface area (Å²) in [5.41, 5.74) is 8.71. The highest BCUT2D eigenvalue weighted by atomic mass is 16.5. The molecule has 0 aliphatic heterocycles. The molecule has 4 heteroatoms. The van der Waals surface area contributed by atoms with Crippen LogP contribution in [0.1, 0.15) is 44.1 Å². The van der Waals surface area contributed by atoms with Crippen molar-refractivity contribution in [2.45, 2.75) is 38.5 Å². The molecule has 0 saturated heterocycles. The van der Waals surface area contributed by atoms with E-state index < -0.39 is 0 Å². The fourth-order valence-corrected chi connectivity index (χ4v) is 3.21. The van der Waals surface area contributed by atoms with Crippen molar-refractivity contribution < 1.29 is 9.26 Å². The van der Waals surface area contributed by atoms with Gasteiger partial charge in [-0.1, -0.05) is 24.9 Å². The first-order valence-corrected chi connectivity index (χ1v) is 7.58. The first-order chi connectivity index (χ1) is 10.2. The molecule has 0 unspecified atom stereocenters. The Morgan fingerprint density at radius 2 is 1.95 bits per heavy atom. The van der Waals surface area contributed by atoms with Crippen LogP contribution in [-0.4, -0.2) is 12.3 Å². The third-order valence-corrected chi connectivity index (χ3v) is 4.51. The summed E-state index contributed by atoms with van der Waals surface area (Å²) >= 11 is 0. The Bertz CT molecular complexity index is 613. The largest absolute Gasteiger partial charge is 0.496 e. The summed E-state index contributed by atoms with van der Waals surface area (Å²) in [5, 5.41) is 4.00. The Balaban J connectivity index is 1.94. The third kappa shape index (κ3) is 2.89. The van der Waals surface area contributed by atoms with Crippen LogP contribution in [0.5, 0.6) is 5.75 Å². The molecule has 2 N–H and O–H groups in total. The Kier molecular flexibility index (Phi) is 3.86. The number of nitrogens with two attached hydrogens (primary N) is 1. The molecule has 0 atom stereocenters. The second-order valence-electron chi connectivity index (χ2n) is 6.03. The van der Waals surface area contributed by atoms with E-state index in [-0.39, 0.29) is 0 Å². The zero-order chi connectivity index (χ0) is 14.8. The van der Waals surface area contributed by atoms with Gasteiger partial charge in [-0.3, -0.25) is 0 Å². The van der Waals surface area contributed by atoms with Crippen molar-refractivity contribution in [3.05, 3.63) is 29.8 Å². The van der Waals surface area contributed by atoms with Crippen molar-refractivity contribution in [2.24, 2.45) is 5.92 Å². The van der Waals surface area contributed by atoms with Crippen LogP contribution in [0.25, 0.3) is 11.3 Å². The van der Waals surface area contributed by atoms with E-state index in [1.54, 1.807) is 13.2 Å². The molecule has 1 aromatic carbocycles. The Morgan fingerprint density at radius 3 is 2.57 bits per heavy atom. The van der Waals surface area contributed by atoms with Crippen molar-refractivity contribution in [1.82, 2.24) is 5.16 Å². The van der Waals surface area contributed by atoms with Gasteiger partial charge in [0.25, 0.3) is 0 Å². The van der Waals surface area contributed by atoms with Crippen LogP contribution in [0, 0.1) is 5.92 Å². The molecule has 2 aromatic rings. The molecule has 1 aromatic heterocycles. The quantitative estimate of drug-likeness (QED) is 0.917. The van der Waals surface area contributed by atoms with Crippen molar-refractivity contribution >= 4 is 5.88 Å². The van der Waals surface area contributed by atoms with Crippen molar-refractivity contribution in [3.63, 3.8) is 0 Å². The molecule has 1 fully saturated rings. The van der Waals surface area contributed by atoms with Crippen molar-refractivity contribution in [1.29, 1.82) is 0 Å². The average molecular weight is 286 g/mol. The molecule has 0 amide bonds. The topological polar surface area (TPSA) is 61.3 Å². The summed E-state index contributed by atoms with van der Waals surface area (Å²) in [6.45, 7) is 2.34. The molecule has 3 rings (SSSR count). The number of benzene rings is 1. The van der Waals surface area contributed by atoms with Gasteiger partial charge < -0.3 is 15.0 Å². The minimum absolute atomic E-state index is 0.342. The molecule has 21 heavy (non-hydrogen) atoms. The van der Waals surface area contributed by atoms with Crippen LogP contribution >= 0.6 is 0 Å². The van der Waals surface area contributed by atoms with E-state index in [4.69, 9.17) is 15.0 Å². The van der Waals surface area contributed by atoms with Crippen molar-refractivity contribution in [2.75, 3.05) is 12.8 Å². The Morgan fingerprint density at radius 1 is 1.19 bits per heavy atom. The van der Waals surface area contributed by atoms with Crippen LogP contribution in [0.15, 0.2) is 28.8 Å². The molecule has 1 saturated carbocycles. The number of nitrogens with zero attached hydrogens (tertiary/aromatic N) is 1. The fraction of sp³-hybridized carbons (Fsp3) is 0.471. The van der Waals surface area contributed by atoms with Crippen LogP contribution in [0.3, 0.4) is 0 Å². The second-order valence-corrected chi connectivity index (χ2v) is 6.03. The lowest BCUT2D eigenvalue weighted by molar-refractivity contribution is 0.336. The maximum Gasteiger partial charge on any atom is 0.222 e. The minimum atomic E-state index is 0.342. The monoisotopic (exact) mass is 286 g/mol. The number of ether oxygens (including phenoxy) is 1. The van der Waals surface area contributed by atoms with Gasteiger partial charge >= 0.3 is 0 Å². The van der Waals surface area contributed by atoms with Crippen LogP contribution in [0.4, 0.5) is 5.88 Å². The number of hydrogen-bond donors (Lipinski definition) is 1. The van der Waals surface area contributed by atoms with E-state index in [0.29, 0.717) is 11.8 Å². The van der Waals surface area contributed by atoms with E-state index in [1.165, 1.54) is 31.2 Å². The van der Waals surface area contributed by atoms with E-state index >= 15 is 0 Å². The number of aromatic nitrogens is 1. The molecule has 0 bridgehead atoms. The normalized spacial score (nSPS) is 22.2. The Hall–Kier alpha value is -1.97. The fourth-order valence-electron chi connectivity index (χ4n) is 3.21. The van der Waals surface area contributed by atoms with Crippen LogP contribution < -0.4 is 10.5 Å². The van der Waals surface area contributed by atoms with E-state index in [1.807, 2.05) is 12.1 Å². The lowest BCUT2D eigenvalue weighted by atomic mass is 9.79. The molecule has 1 aliphatic rings. The number of hydrogen-bond acceptors (Lipinski definition) is 4. The summed E-state index contributed by atoms with van der Waals surface area (Å²) < 4.78 is 10.5. The lowest BCUT2D eigenvalue weighted by Crippen LogP contribution is -2.11. The lowest BCUT2D eigenvalue weighted by Gasteiger charge is -2.27. The molecule has 4 nitrogen and oxygen atoms in total. The van der Waals surface area contributed by atoms with E-state index in [9.17, 15) is 0 Å². The highest BCUT2D eigenvalue weighted by Gasteiger charge is 2.23. The van der Waals surface area contributed by atoms with Crippen LogP contribution in [-0.2, 0) is 0 Å². The van der Waals surface area contributed by atoms with Gasteiger partial charge in [-0.2, -0.15) is 0 Å². The second kappa shape index (κ2) is 5.80. The summed E-state index contributed by atoms with van der Waals surface area (Å²) in [4.78, 5) is 0. The standard InChI is InChI=1S/C17H22N2O2/c1-11-3-5-12(6-4-11)14-9-13(7-8-16(14)20-2)15-10-17(18)21-19-15/h7-12H,3-6,18H2,1-2H3. The first kappa shape index (κ1) is 14.0. The van der Waals surface area contributed by atoms with Gasteiger partial charge in [-0.05, 0) is 48.4 Å². The number of rotatable bonds is 3. The highest BCUT2D eigenvalue weighted by molar-refractivity contribution is 5.64. The van der Waals surface area contributed by atoms with Gasteiger partial charge in [0.1, 0.15) is 11.4 Å².